The molecule has 3 heterocycles. The van der Waals surface area contributed by atoms with E-state index in [-0.39, 0.29) is 0 Å². The van der Waals surface area contributed by atoms with E-state index >= 15 is 0 Å². The highest BCUT2D eigenvalue weighted by Crippen LogP contribution is 2.44. The fourth-order valence-electron chi connectivity index (χ4n) is 8.56. The lowest BCUT2D eigenvalue weighted by atomic mass is 9.96. The van der Waals surface area contributed by atoms with E-state index in [1.807, 2.05) is 29.5 Å². The van der Waals surface area contributed by atoms with Crippen LogP contribution in [-0.4, -0.2) is 15.0 Å². The van der Waals surface area contributed by atoms with E-state index in [0.717, 1.165) is 55.1 Å². The lowest BCUT2D eigenvalue weighted by Gasteiger charge is -2.10. The summed E-state index contributed by atoms with van der Waals surface area (Å²) in [5, 5.41) is 9.39. The van der Waals surface area contributed by atoms with Crippen LogP contribution in [0.2, 0.25) is 0 Å². The van der Waals surface area contributed by atoms with Gasteiger partial charge in [0.05, 0.1) is 0 Å². The highest BCUT2D eigenvalue weighted by Gasteiger charge is 2.20. The molecule has 12 aromatic rings. The fraction of sp³-hybridized carbons (Fsp3) is 0. The van der Waals surface area contributed by atoms with Crippen molar-refractivity contribution in [2.24, 2.45) is 0 Å². The molecular weight excluding hydrogens is 727 g/mol. The number of fused-ring (bicyclic) bond motifs is 9. The van der Waals surface area contributed by atoms with Crippen LogP contribution in [0, 0.1) is 0 Å². The van der Waals surface area contributed by atoms with Crippen LogP contribution in [0.15, 0.2) is 192 Å². The van der Waals surface area contributed by atoms with Gasteiger partial charge in [0.1, 0.15) is 11.2 Å². The molecule has 0 N–H and O–H groups in total. The van der Waals surface area contributed by atoms with E-state index in [1.165, 1.54) is 47.5 Å². The minimum atomic E-state index is 0.592. The number of para-hydroxylation sites is 1. The zero-order chi connectivity index (χ0) is 38.2. The van der Waals surface area contributed by atoms with Gasteiger partial charge in [-0.1, -0.05) is 164 Å². The monoisotopic (exact) mass is 757 g/mol. The largest absolute Gasteiger partial charge is 0.455 e. The molecule has 0 bridgehead atoms. The fourth-order valence-corrected chi connectivity index (χ4v) is 9.82. The van der Waals surface area contributed by atoms with Gasteiger partial charge in [0.25, 0.3) is 0 Å². The van der Waals surface area contributed by atoms with E-state index in [4.69, 9.17) is 19.4 Å². The molecule has 0 atom stereocenters. The molecule has 9 aromatic carbocycles. The average molecular weight is 758 g/mol. The highest BCUT2D eigenvalue weighted by atomic mass is 32.1. The second-order valence-electron chi connectivity index (χ2n) is 14.7. The smallest absolute Gasteiger partial charge is 0.164 e. The van der Waals surface area contributed by atoms with Gasteiger partial charge in [0.2, 0.25) is 0 Å². The van der Waals surface area contributed by atoms with Crippen LogP contribution >= 0.6 is 11.3 Å². The molecule has 5 heteroatoms. The third kappa shape index (κ3) is 5.25. The number of hydrogen-bond donors (Lipinski definition) is 0. The van der Waals surface area contributed by atoms with Crippen molar-refractivity contribution in [1.82, 2.24) is 15.0 Å². The predicted octanol–water partition coefficient (Wildman–Crippen LogP) is 14.8. The summed E-state index contributed by atoms with van der Waals surface area (Å²) in [7, 11) is 0. The molecule has 0 unspecified atom stereocenters. The second kappa shape index (κ2) is 13.1. The van der Waals surface area contributed by atoms with Crippen LogP contribution in [0.25, 0.3) is 120 Å². The summed E-state index contributed by atoms with van der Waals surface area (Å²) in [5.74, 6) is 1.85. The first-order valence-electron chi connectivity index (χ1n) is 19.4. The maximum Gasteiger partial charge on any atom is 0.164 e. The molecule has 0 radical (unpaired) electrons. The van der Waals surface area contributed by atoms with Crippen molar-refractivity contribution in [2.45, 2.75) is 0 Å². The Morgan fingerprint density at radius 3 is 1.83 bits per heavy atom. The molecule has 0 aliphatic rings. The van der Waals surface area contributed by atoms with Crippen LogP contribution < -0.4 is 0 Å². The minimum absolute atomic E-state index is 0.592. The Hall–Kier alpha value is -7.47. The third-order valence-electron chi connectivity index (χ3n) is 11.3. The van der Waals surface area contributed by atoms with Gasteiger partial charge in [-0.15, -0.1) is 11.3 Å². The number of thiophene rings is 1. The molecule has 0 aliphatic heterocycles. The molecule has 0 aliphatic carbocycles. The quantitative estimate of drug-likeness (QED) is 0.164. The number of rotatable bonds is 5. The Bertz CT molecular complexity index is 3570. The summed E-state index contributed by atoms with van der Waals surface area (Å²) in [4.78, 5) is 15.5. The maximum absolute atomic E-state index is 6.80. The number of benzene rings is 9. The Morgan fingerprint density at radius 1 is 0.362 bits per heavy atom. The van der Waals surface area contributed by atoms with Gasteiger partial charge >= 0.3 is 0 Å². The topological polar surface area (TPSA) is 51.8 Å². The molecule has 0 saturated heterocycles. The summed E-state index contributed by atoms with van der Waals surface area (Å²) in [6, 6.07) is 66.2. The average Bonchev–Trinajstić information content (AvgIpc) is 3.88. The molecule has 4 nitrogen and oxygen atoms in total. The molecule has 0 fully saturated rings. The Labute approximate surface area is 337 Å². The summed E-state index contributed by atoms with van der Waals surface area (Å²) in [5.41, 5.74) is 9.03. The van der Waals surface area contributed by atoms with Crippen LogP contribution in [-0.2, 0) is 0 Å². The van der Waals surface area contributed by atoms with Crippen molar-refractivity contribution >= 4 is 75.0 Å². The van der Waals surface area contributed by atoms with Crippen molar-refractivity contribution in [3.63, 3.8) is 0 Å². The van der Waals surface area contributed by atoms with Crippen molar-refractivity contribution in [1.29, 1.82) is 0 Å². The first-order chi connectivity index (χ1) is 28.7. The Morgan fingerprint density at radius 2 is 0.983 bits per heavy atom. The Kier molecular flexibility index (Phi) is 7.37. The van der Waals surface area contributed by atoms with Gasteiger partial charge in [-0.25, -0.2) is 15.0 Å². The van der Waals surface area contributed by atoms with E-state index in [2.05, 4.69) is 170 Å². The molecule has 3 aromatic heterocycles. The van der Waals surface area contributed by atoms with Crippen molar-refractivity contribution in [3.05, 3.63) is 188 Å². The van der Waals surface area contributed by atoms with Crippen LogP contribution in [0.3, 0.4) is 0 Å². The van der Waals surface area contributed by atoms with E-state index in [9.17, 15) is 0 Å². The lowest BCUT2D eigenvalue weighted by Crippen LogP contribution is -2.00. The molecule has 58 heavy (non-hydrogen) atoms. The first kappa shape index (κ1) is 32.7. The number of furan rings is 1. The number of hydrogen-bond acceptors (Lipinski definition) is 5. The molecule has 0 saturated carbocycles. The van der Waals surface area contributed by atoms with Gasteiger partial charge < -0.3 is 4.42 Å². The molecule has 0 amide bonds. The molecule has 270 valence electrons. The first-order valence-corrected chi connectivity index (χ1v) is 20.2. The molecule has 0 spiro atoms. The van der Waals surface area contributed by atoms with E-state index in [1.54, 1.807) is 0 Å². The van der Waals surface area contributed by atoms with Crippen LogP contribution in [0.4, 0.5) is 0 Å². The van der Waals surface area contributed by atoms with E-state index in [0.29, 0.717) is 17.5 Å². The number of aromatic nitrogens is 3. The van der Waals surface area contributed by atoms with Crippen molar-refractivity contribution in [2.75, 3.05) is 0 Å². The zero-order valence-electron chi connectivity index (χ0n) is 31.1. The predicted molar refractivity (Wildman–Crippen MR) is 242 cm³/mol. The summed E-state index contributed by atoms with van der Waals surface area (Å²) in [6.45, 7) is 0. The van der Waals surface area contributed by atoms with Gasteiger partial charge in [-0.3, -0.25) is 0 Å². The van der Waals surface area contributed by atoms with Gasteiger partial charge in [-0.2, -0.15) is 0 Å². The summed E-state index contributed by atoms with van der Waals surface area (Å²) >= 11 is 1.81. The number of nitrogens with zero attached hydrogens (tertiary/aromatic N) is 3. The molecular formula is C53H31N3OS. The van der Waals surface area contributed by atoms with Crippen LogP contribution in [0.1, 0.15) is 0 Å². The van der Waals surface area contributed by atoms with Crippen molar-refractivity contribution in [3.8, 4) is 56.4 Å². The highest BCUT2D eigenvalue weighted by molar-refractivity contribution is 7.26. The normalized spacial score (nSPS) is 11.8. The van der Waals surface area contributed by atoms with Gasteiger partial charge in [-0.05, 0) is 62.5 Å². The van der Waals surface area contributed by atoms with Crippen LogP contribution in [0.5, 0.6) is 0 Å². The molecule has 12 rings (SSSR count). The second-order valence-corrected chi connectivity index (χ2v) is 15.8. The van der Waals surface area contributed by atoms with Crippen molar-refractivity contribution < 1.29 is 4.42 Å². The van der Waals surface area contributed by atoms with Gasteiger partial charge in [0, 0.05) is 53.2 Å². The lowest BCUT2D eigenvalue weighted by molar-refractivity contribution is 0.670. The Balaban J connectivity index is 1.02. The maximum atomic E-state index is 6.80. The minimum Gasteiger partial charge on any atom is -0.455 e. The SMILES string of the molecule is c1ccc(-c2nc(-c3ccc4c(c3)oc3c(-c5ccc6ccc7ccccc7c6c5)cccc34)nc(-c3cccc4sc5c(-c6ccccc6)cccc5c34)n2)cc1. The van der Waals surface area contributed by atoms with E-state index < -0.39 is 0 Å². The summed E-state index contributed by atoms with van der Waals surface area (Å²) in [6.07, 6.45) is 0. The van der Waals surface area contributed by atoms with Gasteiger partial charge in [0.15, 0.2) is 17.5 Å². The zero-order valence-corrected chi connectivity index (χ0v) is 31.9. The standard InChI is InChI=1S/C53H31N3OS/c1-3-12-32(13-4-1)40-19-10-21-43-48-44(22-11-23-47(48)58-50(40)43)53-55-51(35-15-5-2-6-16-35)54-52(56-53)37-28-29-41-42-20-9-18-39(49(42)57-46(41)31-37)36-27-26-34-25-24-33-14-7-8-17-38(33)45(34)30-36/h1-31H. The summed E-state index contributed by atoms with van der Waals surface area (Å²) < 4.78 is 9.25. The third-order valence-corrected chi connectivity index (χ3v) is 12.5.